The largest absolute Gasteiger partial charge is 0.481 e. The molecule has 0 saturated carbocycles. The lowest BCUT2D eigenvalue weighted by Crippen LogP contribution is -2.08. The third-order valence-corrected chi connectivity index (χ3v) is 4.15. The number of hydrogen-bond donors (Lipinski definition) is 1. The van der Waals surface area contributed by atoms with Crippen LogP contribution in [-0.4, -0.2) is 11.1 Å². The van der Waals surface area contributed by atoms with Crippen LogP contribution in [0.5, 0.6) is 0 Å². The molecule has 120 valence electrons. The SMILES string of the molecule is CCCCCCCC[C@H](CCCCCCC)CC(=O)O. The van der Waals surface area contributed by atoms with Gasteiger partial charge in [0.05, 0.1) is 0 Å². The van der Waals surface area contributed by atoms with Crippen molar-refractivity contribution in [1.29, 1.82) is 0 Å². The summed E-state index contributed by atoms with van der Waals surface area (Å²) in [6, 6.07) is 0. The van der Waals surface area contributed by atoms with E-state index >= 15 is 0 Å². The highest BCUT2D eigenvalue weighted by molar-refractivity contribution is 5.66. The Kier molecular flexibility index (Phi) is 14.5. The number of hydrogen-bond acceptors (Lipinski definition) is 1. The van der Waals surface area contributed by atoms with E-state index in [4.69, 9.17) is 5.11 Å². The third-order valence-electron chi connectivity index (χ3n) is 4.15. The van der Waals surface area contributed by atoms with E-state index in [0.717, 1.165) is 12.8 Å². The maximum absolute atomic E-state index is 10.9. The van der Waals surface area contributed by atoms with Gasteiger partial charge in [-0.25, -0.2) is 0 Å². The molecule has 0 aromatic carbocycles. The monoisotopic (exact) mass is 284 g/mol. The van der Waals surface area contributed by atoms with Crippen LogP contribution in [0.1, 0.15) is 104 Å². The number of rotatable bonds is 15. The predicted octanol–water partition coefficient (Wildman–Crippen LogP) is 6.19. The number of carboxylic acid groups (broad SMARTS) is 1. The van der Waals surface area contributed by atoms with Crippen LogP contribution in [0.25, 0.3) is 0 Å². The van der Waals surface area contributed by atoms with Gasteiger partial charge >= 0.3 is 5.97 Å². The second-order valence-electron chi connectivity index (χ2n) is 6.22. The van der Waals surface area contributed by atoms with Gasteiger partial charge in [-0.1, -0.05) is 84.5 Å². The smallest absolute Gasteiger partial charge is 0.303 e. The van der Waals surface area contributed by atoms with Gasteiger partial charge in [0.15, 0.2) is 0 Å². The molecule has 0 fully saturated rings. The fraction of sp³-hybridized carbons (Fsp3) is 0.944. The number of aliphatic carboxylic acids is 1. The summed E-state index contributed by atoms with van der Waals surface area (Å²) >= 11 is 0. The van der Waals surface area contributed by atoms with Gasteiger partial charge in [0.25, 0.3) is 0 Å². The zero-order chi connectivity index (χ0) is 15.1. The van der Waals surface area contributed by atoms with Gasteiger partial charge in [-0.2, -0.15) is 0 Å². The second kappa shape index (κ2) is 14.9. The summed E-state index contributed by atoms with van der Waals surface area (Å²) in [4.78, 5) is 10.9. The molecule has 0 aliphatic heterocycles. The van der Waals surface area contributed by atoms with E-state index in [-0.39, 0.29) is 0 Å². The van der Waals surface area contributed by atoms with Gasteiger partial charge in [0.2, 0.25) is 0 Å². The van der Waals surface area contributed by atoms with Crippen molar-refractivity contribution in [3.05, 3.63) is 0 Å². The van der Waals surface area contributed by atoms with Gasteiger partial charge < -0.3 is 5.11 Å². The standard InChI is InChI=1S/C18H36O2/c1-3-5-7-9-11-13-15-17(16-18(19)20)14-12-10-8-6-4-2/h17H,3-16H2,1-2H3,(H,19,20)/t17-/m0/s1. The van der Waals surface area contributed by atoms with E-state index in [1.807, 2.05) is 0 Å². The first-order valence-corrected chi connectivity index (χ1v) is 8.92. The van der Waals surface area contributed by atoms with Crippen LogP contribution in [-0.2, 0) is 4.79 Å². The van der Waals surface area contributed by atoms with Crippen molar-refractivity contribution in [1.82, 2.24) is 0 Å². The fourth-order valence-electron chi connectivity index (χ4n) is 2.85. The Morgan fingerprint density at radius 3 is 1.55 bits per heavy atom. The highest BCUT2D eigenvalue weighted by atomic mass is 16.4. The van der Waals surface area contributed by atoms with Crippen LogP contribution in [0, 0.1) is 5.92 Å². The first-order chi connectivity index (χ1) is 9.70. The van der Waals surface area contributed by atoms with E-state index in [2.05, 4.69) is 13.8 Å². The fourth-order valence-corrected chi connectivity index (χ4v) is 2.85. The van der Waals surface area contributed by atoms with Crippen LogP contribution in [0.4, 0.5) is 0 Å². The molecule has 1 N–H and O–H groups in total. The number of carboxylic acids is 1. The van der Waals surface area contributed by atoms with E-state index in [9.17, 15) is 4.79 Å². The average Bonchev–Trinajstić information content (AvgIpc) is 2.41. The van der Waals surface area contributed by atoms with Crippen molar-refractivity contribution in [2.24, 2.45) is 5.92 Å². The van der Waals surface area contributed by atoms with Crippen molar-refractivity contribution in [2.45, 2.75) is 104 Å². The molecule has 0 aromatic heterocycles. The molecule has 0 aliphatic rings. The topological polar surface area (TPSA) is 37.3 Å². The van der Waals surface area contributed by atoms with Crippen LogP contribution in [0.2, 0.25) is 0 Å². The zero-order valence-corrected chi connectivity index (χ0v) is 13.8. The molecular weight excluding hydrogens is 248 g/mol. The Hall–Kier alpha value is -0.530. The molecule has 0 amide bonds. The molecule has 0 heterocycles. The average molecular weight is 284 g/mol. The molecule has 0 saturated heterocycles. The van der Waals surface area contributed by atoms with E-state index in [1.54, 1.807) is 0 Å². The van der Waals surface area contributed by atoms with Gasteiger partial charge in [-0.15, -0.1) is 0 Å². The normalized spacial score (nSPS) is 12.5. The van der Waals surface area contributed by atoms with E-state index in [0.29, 0.717) is 12.3 Å². The summed E-state index contributed by atoms with van der Waals surface area (Å²) in [6.07, 6.45) is 16.8. The molecule has 0 aromatic rings. The van der Waals surface area contributed by atoms with Crippen molar-refractivity contribution in [3.8, 4) is 0 Å². The van der Waals surface area contributed by atoms with Crippen LogP contribution in [0.3, 0.4) is 0 Å². The molecule has 2 nitrogen and oxygen atoms in total. The Bertz CT molecular complexity index is 213. The minimum Gasteiger partial charge on any atom is -0.481 e. The van der Waals surface area contributed by atoms with E-state index in [1.165, 1.54) is 70.6 Å². The summed E-state index contributed by atoms with van der Waals surface area (Å²) in [7, 11) is 0. The second-order valence-corrected chi connectivity index (χ2v) is 6.22. The summed E-state index contributed by atoms with van der Waals surface area (Å²) < 4.78 is 0. The lowest BCUT2D eigenvalue weighted by Gasteiger charge is -2.14. The molecule has 0 bridgehead atoms. The van der Waals surface area contributed by atoms with E-state index < -0.39 is 5.97 Å². The third kappa shape index (κ3) is 13.9. The minimum absolute atomic E-state index is 0.378. The van der Waals surface area contributed by atoms with Gasteiger partial charge in [0, 0.05) is 6.42 Å². The molecule has 0 spiro atoms. The number of carbonyl (C=O) groups is 1. The van der Waals surface area contributed by atoms with Crippen LogP contribution in [0.15, 0.2) is 0 Å². The highest BCUT2D eigenvalue weighted by Gasteiger charge is 2.12. The van der Waals surface area contributed by atoms with Crippen molar-refractivity contribution >= 4 is 5.97 Å². The Morgan fingerprint density at radius 2 is 1.15 bits per heavy atom. The van der Waals surface area contributed by atoms with Gasteiger partial charge in [0.1, 0.15) is 0 Å². The zero-order valence-electron chi connectivity index (χ0n) is 13.8. The van der Waals surface area contributed by atoms with Crippen molar-refractivity contribution in [2.75, 3.05) is 0 Å². The molecule has 0 aliphatic carbocycles. The predicted molar refractivity (Wildman–Crippen MR) is 87.1 cm³/mol. The number of unbranched alkanes of at least 4 members (excludes halogenated alkanes) is 9. The molecule has 0 unspecified atom stereocenters. The van der Waals surface area contributed by atoms with Gasteiger partial charge in [-0.3, -0.25) is 4.79 Å². The Balaban J connectivity index is 3.65. The quantitative estimate of drug-likeness (QED) is 0.364. The van der Waals surface area contributed by atoms with Crippen molar-refractivity contribution in [3.63, 3.8) is 0 Å². The summed E-state index contributed by atoms with van der Waals surface area (Å²) in [5.41, 5.74) is 0. The van der Waals surface area contributed by atoms with Crippen LogP contribution < -0.4 is 0 Å². The van der Waals surface area contributed by atoms with Crippen molar-refractivity contribution < 1.29 is 9.90 Å². The maximum atomic E-state index is 10.9. The molecular formula is C18H36O2. The highest BCUT2D eigenvalue weighted by Crippen LogP contribution is 2.22. The molecule has 1 atom stereocenters. The summed E-state index contributed by atoms with van der Waals surface area (Å²) in [5.74, 6) is -0.199. The first-order valence-electron chi connectivity index (χ1n) is 8.92. The summed E-state index contributed by atoms with van der Waals surface area (Å²) in [6.45, 7) is 4.47. The Morgan fingerprint density at radius 1 is 0.750 bits per heavy atom. The van der Waals surface area contributed by atoms with Crippen LogP contribution >= 0.6 is 0 Å². The molecule has 20 heavy (non-hydrogen) atoms. The lowest BCUT2D eigenvalue weighted by atomic mass is 9.91. The van der Waals surface area contributed by atoms with Gasteiger partial charge in [-0.05, 0) is 18.8 Å². The maximum Gasteiger partial charge on any atom is 0.303 e. The lowest BCUT2D eigenvalue weighted by molar-refractivity contribution is -0.138. The Labute approximate surface area is 126 Å². The molecule has 0 rings (SSSR count). The first kappa shape index (κ1) is 19.5. The molecule has 0 radical (unpaired) electrons. The summed E-state index contributed by atoms with van der Waals surface area (Å²) in [5, 5.41) is 9.00. The molecule has 2 heteroatoms. The minimum atomic E-state index is -0.616.